The molecule has 0 atom stereocenters. The predicted octanol–water partition coefficient (Wildman–Crippen LogP) is 4.02. The number of anilines is 1. The number of nitrogens with one attached hydrogen (secondary N) is 1. The number of hydrogen-bond acceptors (Lipinski definition) is 3. The third kappa shape index (κ3) is 3.26. The maximum Gasteiger partial charge on any atom is 0.269 e. The van der Waals surface area contributed by atoms with E-state index in [0.29, 0.717) is 23.4 Å². The first-order valence-corrected chi connectivity index (χ1v) is 9.73. The minimum absolute atomic E-state index is 0.0329. The van der Waals surface area contributed by atoms with Gasteiger partial charge in [-0.1, -0.05) is 30.4 Å². The Morgan fingerprint density at radius 1 is 1.03 bits per heavy atom. The number of hydrogen-bond donors (Lipinski definition) is 1. The number of halogens is 1. The molecule has 1 N–H and O–H groups in total. The fourth-order valence-electron chi connectivity index (χ4n) is 3.86. The van der Waals surface area contributed by atoms with Crippen LogP contribution >= 0.6 is 0 Å². The fraction of sp³-hybridized carbons (Fsp3) is 0.125. The molecular weight excluding hydrogens is 381 g/mol. The SMILES string of the molecule is O=C1Cc2cc(-c3ccc(Cn4c5c(ncc4=O)C=CCC=C5)c(F)c3)ccc2N1. The lowest BCUT2D eigenvalue weighted by Crippen LogP contribution is -2.24. The normalized spacial score (nSPS) is 14.2. The monoisotopic (exact) mass is 399 g/mol. The van der Waals surface area contributed by atoms with Crippen LogP contribution in [0.25, 0.3) is 23.3 Å². The lowest BCUT2D eigenvalue weighted by molar-refractivity contribution is -0.115. The van der Waals surface area contributed by atoms with Crippen LogP contribution in [0.2, 0.25) is 0 Å². The minimum Gasteiger partial charge on any atom is -0.326 e. The van der Waals surface area contributed by atoms with Gasteiger partial charge in [0.25, 0.3) is 5.56 Å². The average Bonchev–Trinajstić information content (AvgIpc) is 2.94. The largest absolute Gasteiger partial charge is 0.326 e. The van der Waals surface area contributed by atoms with Crippen LogP contribution in [0.15, 0.2) is 59.5 Å². The van der Waals surface area contributed by atoms with Crippen LogP contribution in [-0.2, 0) is 17.8 Å². The summed E-state index contributed by atoms with van der Waals surface area (Å²) in [5.74, 6) is -0.415. The van der Waals surface area contributed by atoms with Gasteiger partial charge in [0.15, 0.2) is 0 Å². The van der Waals surface area contributed by atoms with E-state index in [1.165, 1.54) is 12.3 Å². The number of aromatic nitrogens is 2. The smallest absolute Gasteiger partial charge is 0.269 e. The van der Waals surface area contributed by atoms with Crippen LogP contribution in [0.3, 0.4) is 0 Å². The average molecular weight is 399 g/mol. The summed E-state index contributed by atoms with van der Waals surface area (Å²) in [6, 6.07) is 10.6. The Bertz CT molecular complexity index is 1300. The first-order chi connectivity index (χ1) is 14.6. The van der Waals surface area contributed by atoms with Crippen molar-refractivity contribution >= 4 is 23.7 Å². The van der Waals surface area contributed by atoms with Gasteiger partial charge in [-0.3, -0.25) is 9.59 Å². The van der Waals surface area contributed by atoms with E-state index < -0.39 is 0 Å². The second-order valence-electron chi connectivity index (χ2n) is 7.40. The van der Waals surface area contributed by atoms with Crippen LogP contribution < -0.4 is 10.9 Å². The van der Waals surface area contributed by atoms with E-state index in [1.807, 2.05) is 48.6 Å². The lowest BCUT2D eigenvalue weighted by Gasteiger charge is -2.13. The Morgan fingerprint density at radius 2 is 1.83 bits per heavy atom. The summed E-state index contributed by atoms with van der Waals surface area (Å²) in [5, 5.41) is 2.80. The van der Waals surface area contributed by atoms with Crippen molar-refractivity contribution in [2.45, 2.75) is 19.4 Å². The first kappa shape index (κ1) is 18.2. The molecule has 0 bridgehead atoms. The van der Waals surface area contributed by atoms with Gasteiger partial charge < -0.3 is 9.88 Å². The highest BCUT2D eigenvalue weighted by Gasteiger charge is 2.18. The molecule has 0 spiro atoms. The zero-order valence-electron chi connectivity index (χ0n) is 16.1. The van der Waals surface area contributed by atoms with E-state index in [4.69, 9.17) is 0 Å². The van der Waals surface area contributed by atoms with Gasteiger partial charge in [-0.2, -0.15) is 0 Å². The lowest BCUT2D eigenvalue weighted by atomic mass is 10.00. The number of carbonyl (C=O) groups is 1. The molecule has 2 aliphatic rings. The molecule has 5 nitrogen and oxygen atoms in total. The highest BCUT2D eigenvalue weighted by atomic mass is 19.1. The van der Waals surface area contributed by atoms with E-state index in [1.54, 1.807) is 10.6 Å². The van der Waals surface area contributed by atoms with Gasteiger partial charge >= 0.3 is 0 Å². The van der Waals surface area contributed by atoms with Crippen LogP contribution in [0, 0.1) is 5.82 Å². The summed E-state index contributed by atoms with van der Waals surface area (Å²) in [4.78, 5) is 28.2. The maximum atomic E-state index is 15.0. The molecule has 0 saturated heterocycles. The molecule has 3 aromatic rings. The molecule has 0 unspecified atom stereocenters. The van der Waals surface area contributed by atoms with Gasteiger partial charge in [-0.25, -0.2) is 9.37 Å². The van der Waals surface area contributed by atoms with Crippen molar-refractivity contribution in [2.75, 3.05) is 5.32 Å². The zero-order chi connectivity index (χ0) is 20.7. The second-order valence-corrected chi connectivity index (χ2v) is 7.40. The van der Waals surface area contributed by atoms with Gasteiger partial charge in [0.2, 0.25) is 5.91 Å². The van der Waals surface area contributed by atoms with Crippen molar-refractivity contribution in [3.8, 4) is 11.1 Å². The Labute approximate surface area is 172 Å². The Kier molecular flexibility index (Phi) is 4.39. The minimum atomic E-state index is -0.382. The van der Waals surface area contributed by atoms with Crippen LogP contribution in [-0.4, -0.2) is 15.5 Å². The first-order valence-electron chi connectivity index (χ1n) is 9.73. The van der Waals surface area contributed by atoms with Crippen molar-refractivity contribution in [1.82, 2.24) is 9.55 Å². The Morgan fingerprint density at radius 3 is 2.70 bits per heavy atom. The van der Waals surface area contributed by atoms with Gasteiger partial charge in [0, 0.05) is 11.3 Å². The number of nitrogens with zero attached hydrogens (tertiary/aromatic N) is 2. The number of amides is 1. The topological polar surface area (TPSA) is 64.0 Å². The van der Waals surface area contributed by atoms with E-state index in [-0.39, 0.29) is 23.8 Å². The molecule has 6 heteroatoms. The van der Waals surface area contributed by atoms with Crippen LogP contribution in [0.1, 0.15) is 28.9 Å². The van der Waals surface area contributed by atoms with Crippen LogP contribution in [0.5, 0.6) is 0 Å². The van der Waals surface area contributed by atoms with Crippen molar-refractivity contribution < 1.29 is 9.18 Å². The summed E-state index contributed by atoms with van der Waals surface area (Å²) in [5.41, 5.74) is 4.81. The molecule has 1 amide bonds. The van der Waals surface area contributed by atoms with Crippen molar-refractivity contribution in [3.05, 3.63) is 93.4 Å². The maximum absolute atomic E-state index is 15.0. The van der Waals surface area contributed by atoms with Gasteiger partial charge in [-0.15, -0.1) is 0 Å². The van der Waals surface area contributed by atoms with Gasteiger partial charge in [0.1, 0.15) is 5.82 Å². The number of fused-ring (bicyclic) bond motifs is 2. The van der Waals surface area contributed by atoms with Gasteiger partial charge in [0.05, 0.1) is 30.6 Å². The summed E-state index contributed by atoms with van der Waals surface area (Å²) in [6.07, 6.45) is 10.0. The molecule has 2 aromatic carbocycles. The molecule has 0 radical (unpaired) electrons. The Balaban J connectivity index is 1.49. The number of rotatable bonds is 3. The van der Waals surface area contributed by atoms with Crippen molar-refractivity contribution in [3.63, 3.8) is 0 Å². The summed E-state index contributed by atoms with van der Waals surface area (Å²) in [6.45, 7) is 0.122. The molecule has 30 heavy (non-hydrogen) atoms. The van der Waals surface area contributed by atoms with Gasteiger partial charge in [-0.05, 0) is 53.5 Å². The van der Waals surface area contributed by atoms with Crippen LogP contribution in [0.4, 0.5) is 10.1 Å². The van der Waals surface area contributed by atoms with E-state index in [9.17, 15) is 14.0 Å². The van der Waals surface area contributed by atoms with Crippen molar-refractivity contribution in [2.24, 2.45) is 0 Å². The number of benzene rings is 2. The summed E-state index contributed by atoms with van der Waals surface area (Å²) in [7, 11) is 0. The Hall–Kier alpha value is -3.80. The highest BCUT2D eigenvalue weighted by Crippen LogP contribution is 2.30. The molecule has 1 aliphatic heterocycles. The highest BCUT2D eigenvalue weighted by molar-refractivity contribution is 5.99. The molecule has 5 rings (SSSR count). The zero-order valence-corrected chi connectivity index (χ0v) is 16.1. The standard InChI is InChI=1S/C24H18FN3O2/c25-19-11-16(15-8-9-20-18(10-15)12-23(29)27-20)6-7-17(19)14-28-22-5-3-1-2-4-21(22)26-13-24(28)30/h2-11,13H,1,12,14H2,(H,27,29). The number of carbonyl (C=O) groups excluding carboxylic acids is 1. The fourth-order valence-corrected chi connectivity index (χ4v) is 3.86. The quantitative estimate of drug-likeness (QED) is 0.724. The third-order valence-corrected chi connectivity index (χ3v) is 5.40. The molecular formula is C24H18FN3O2. The predicted molar refractivity (Wildman–Crippen MR) is 114 cm³/mol. The molecule has 0 fully saturated rings. The molecule has 1 aliphatic carbocycles. The second kappa shape index (κ2) is 7.22. The molecule has 2 heterocycles. The molecule has 148 valence electrons. The summed E-state index contributed by atoms with van der Waals surface area (Å²) >= 11 is 0. The molecule has 0 saturated carbocycles. The summed E-state index contributed by atoms with van der Waals surface area (Å²) < 4.78 is 16.5. The van der Waals surface area contributed by atoms with E-state index >= 15 is 0 Å². The van der Waals surface area contributed by atoms with Crippen molar-refractivity contribution in [1.29, 1.82) is 0 Å². The number of allylic oxidation sites excluding steroid dienone is 2. The third-order valence-electron chi connectivity index (χ3n) is 5.40. The van der Waals surface area contributed by atoms with E-state index in [0.717, 1.165) is 28.8 Å². The van der Waals surface area contributed by atoms with E-state index in [2.05, 4.69) is 10.3 Å². The molecule has 1 aromatic heterocycles.